The van der Waals surface area contributed by atoms with E-state index in [0.717, 1.165) is 19.3 Å². The monoisotopic (exact) mass is 228 g/mol. The van der Waals surface area contributed by atoms with Gasteiger partial charge in [0.1, 0.15) is 0 Å². The van der Waals surface area contributed by atoms with E-state index in [1.165, 1.54) is 25.7 Å². The van der Waals surface area contributed by atoms with Crippen LogP contribution in [0.5, 0.6) is 0 Å². The molecule has 0 aromatic heterocycles. The van der Waals surface area contributed by atoms with Crippen LogP contribution < -0.4 is 10.6 Å². The summed E-state index contributed by atoms with van der Waals surface area (Å²) in [4.78, 5) is 11.4. The third kappa shape index (κ3) is 8.57. The van der Waals surface area contributed by atoms with E-state index >= 15 is 0 Å². The van der Waals surface area contributed by atoms with Crippen LogP contribution in [0.25, 0.3) is 0 Å². The van der Waals surface area contributed by atoms with E-state index in [1.54, 1.807) is 0 Å². The van der Waals surface area contributed by atoms with E-state index in [0.29, 0.717) is 12.6 Å². The molecule has 2 N–H and O–H groups in total. The number of rotatable bonds is 9. The van der Waals surface area contributed by atoms with Gasteiger partial charge in [-0.25, -0.2) is 4.79 Å². The SMILES string of the molecule is CCCCCCC(CCC)NC(=O)NCC. The topological polar surface area (TPSA) is 41.1 Å². The van der Waals surface area contributed by atoms with Crippen molar-refractivity contribution in [3.05, 3.63) is 0 Å². The van der Waals surface area contributed by atoms with Crippen LogP contribution in [0.15, 0.2) is 0 Å². The molecule has 0 rings (SSSR count). The molecule has 0 aliphatic carbocycles. The van der Waals surface area contributed by atoms with Crippen LogP contribution in [-0.2, 0) is 0 Å². The number of hydrogen-bond acceptors (Lipinski definition) is 1. The second-order valence-electron chi connectivity index (χ2n) is 4.34. The molecule has 0 heterocycles. The lowest BCUT2D eigenvalue weighted by molar-refractivity contribution is 0.235. The highest BCUT2D eigenvalue weighted by atomic mass is 16.2. The lowest BCUT2D eigenvalue weighted by Gasteiger charge is -2.18. The van der Waals surface area contributed by atoms with Gasteiger partial charge in [-0.15, -0.1) is 0 Å². The summed E-state index contributed by atoms with van der Waals surface area (Å²) in [7, 11) is 0. The Labute approximate surface area is 100 Å². The molecule has 1 unspecified atom stereocenters. The molecule has 3 nitrogen and oxygen atoms in total. The lowest BCUT2D eigenvalue weighted by Crippen LogP contribution is -2.41. The second kappa shape index (κ2) is 10.8. The summed E-state index contributed by atoms with van der Waals surface area (Å²) in [6, 6.07) is 0.338. The first kappa shape index (κ1) is 15.3. The fourth-order valence-corrected chi connectivity index (χ4v) is 1.85. The molecule has 0 saturated carbocycles. The Bertz CT molecular complexity index is 171. The number of nitrogens with one attached hydrogen (secondary N) is 2. The summed E-state index contributed by atoms with van der Waals surface area (Å²) in [5.74, 6) is 0. The van der Waals surface area contributed by atoms with E-state index in [-0.39, 0.29) is 6.03 Å². The van der Waals surface area contributed by atoms with Crippen LogP contribution >= 0.6 is 0 Å². The summed E-state index contributed by atoms with van der Waals surface area (Å²) in [5.41, 5.74) is 0. The van der Waals surface area contributed by atoms with Crippen molar-refractivity contribution in [2.75, 3.05) is 6.54 Å². The van der Waals surface area contributed by atoms with Gasteiger partial charge in [-0.05, 0) is 19.8 Å². The summed E-state index contributed by atoms with van der Waals surface area (Å²) >= 11 is 0. The highest BCUT2D eigenvalue weighted by Gasteiger charge is 2.09. The Balaban J connectivity index is 3.73. The summed E-state index contributed by atoms with van der Waals surface area (Å²) in [6.45, 7) is 7.02. The fraction of sp³-hybridized carbons (Fsp3) is 0.923. The van der Waals surface area contributed by atoms with E-state index in [9.17, 15) is 4.79 Å². The molecule has 0 saturated heterocycles. The Morgan fingerprint density at radius 1 is 1.00 bits per heavy atom. The second-order valence-corrected chi connectivity index (χ2v) is 4.34. The number of carbonyl (C=O) groups is 1. The van der Waals surface area contributed by atoms with Gasteiger partial charge in [0.05, 0.1) is 0 Å². The molecule has 0 fully saturated rings. The molecule has 0 aromatic rings. The first-order valence-corrected chi connectivity index (χ1v) is 6.78. The van der Waals surface area contributed by atoms with Crippen LogP contribution in [-0.4, -0.2) is 18.6 Å². The third-order valence-corrected chi connectivity index (χ3v) is 2.72. The Morgan fingerprint density at radius 3 is 2.31 bits per heavy atom. The smallest absolute Gasteiger partial charge is 0.314 e. The maximum absolute atomic E-state index is 11.4. The average Bonchev–Trinajstić information content (AvgIpc) is 2.25. The normalized spacial score (nSPS) is 12.2. The number of unbranched alkanes of at least 4 members (excludes halogenated alkanes) is 3. The summed E-state index contributed by atoms with van der Waals surface area (Å²) in [5, 5.41) is 5.83. The minimum atomic E-state index is -0.0172. The average molecular weight is 228 g/mol. The predicted octanol–water partition coefficient (Wildman–Crippen LogP) is 3.44. The Morgan fingerprint density at radius 2 is 1.75 bits per heavy atom. The van der Waals surface area contributed by atoms with Crippen molar-refractivity contribution in [1.29, 1.82) is 0 Å². The molecular weight excluding hydrogens is 200 g/mol. The molecule has 0 aliphatic heterocycles. The number of hydrogen-bond donors (Lipinski definition) is 2. The minimum absolute atomic E-state index is 0.0172. The van der Waals surface area contributed by atoms with Gasteiger partial charge in [0, 0.05) is 12.6 Å². The van der Waals surface area contributed by atoms with Crippen molar-refractivity contribution < 1.29 is 4.79 Å². The molecular formula is C13H28N2O. The number of carbonyl (C=O) groups excluding carboxylic acids is 1. The Kier molecular flexibility index (Phi) is 10.3. The zero-order valence-corrected chi connectivity index (χ0v) is 11.1. The lowest BCUT2D eigenvalue weighted by atomic mass is 10.0. The quantitative estimate of drug-likeness (QED) is 0.583. The van der Waals surface area contributed by atoms with Gasteiger partial charge >= 0.3 is 6.03 Å². The standard InChI is InChI=1S/C13H28N2O/c1-4-7-8-9-11-12(10-5-2)15-13(16)14-6-3/h12H,4-11H2,1-3H3,(H2,14,15,16). The van der Waals surface area contributed by atoms with Gasteiger partial charge in [-0.3, -0.25) is 0 Å². The predicted molar refractivity (Wildman–Crippen MR) is 69.7 cm³/mol. The highest BCUT2D eigenvalue weighted by molar-refractivity contribution is 5.74. The van der Waals surface area contributed by atoms with E-state index in [2.05, 4.69) is 24.5 Å². The molecule has 0 aromatic carbocycles. The minimum Gasteiger partial charge on any atom is -0.338 e. The number of urea groups is 1. The molecule has 96 valence electrons. The van der Waals surface area contributed by atoms with Crippen molar-refractivity contribution in [2.45, 2.75) is 71.8 Å². The van der Waals surface area contributed by atoms with Crippen LogP contribution in [0, 0.1) is 0 Å². The molecule has 3 heteroatoms. The number of amides is 2. The summed E-state index contributed by atoms with van der Waals surface area (Å²) < 4.78 is 0. The molecule has 0 bridgehead atoms. The van der Waals surface area contributed by atoms with Crippen LogP contribution in [0.1, 0.15) is 65.7 Å². The van der Waals surface area contributed by atoms with Gasteiger partial charge in [-0.2, -0.15) is 0 Å². The van der Waals surface area contributed by atoms with Gasteiger partial charge in [0.25, 0.3) is 0 Å². The van der Waals surface area contributed by atoms with Gasteiger partial charge in [0.2, 0.25) is 0 Å². The third-order valence-electron chi connectivity index (χ3n) is 2.72. The maximum Gasteiger partial charge on any atom is 0.314 e. The zero-order chi connectivity index (χ0) is 12.2. The Hall–Kier alpha value is -0.730. The molecule has 0 aliphatic rings. The molecule has 0 spiro atoms. The first-order valence-electron chi connectivity index (χ1n) is 6.78. The van der Waals surface area contributed by atoms with E-state index in [1.807, 2.05) is 6.92 Å². The van der Waals surface area contributed by atoms with Crippen LogP contribution in [0.3, 0.4) is 0 Å². The van der Waals surface area contributed by atoms with Gasteiger partial charge in [0.15, 0.2) is 0 Å². The molecule has 0 radical (unpaired) electrons. The van der Waals surface area contributed by atoms with E-state index < -0.39 is 0 Å². The largest absolute Gasteiger partial charge is 0.338 e. The van der Waals surface area contributed by atoms with Gasteiger partial charge < -0.3 is 10.6 Å². The summed E-state index contributed by atoms with van der Waals surface area (Å²) in [6.07, 6.45) is 8.42. The van der Waals surface area contributed by atoms with Crippen LogP contribution in [0.4, 0.5) is 4.79 Å². The molecule has 2 amide bonds. The van der Waals surface area contributed by atoms with Crippen LogP contribution in [0.2, 0.25) is 0 Å². The van der Waals surface area contributed by atoms with Gasteiger partial charge in [-0.1, -0.05) is 46.0 Å². The maximum atomic E-state index is 11.4. The fourth-order valence-electron chi connectivity index (χ4n) is 1.85. The van der Waals surface area contributed by atoms with Crippen molar-refractivity contribution in [3.8, 4) is 0 Å². The molecule has 1 atom stereocenters. The van der Waals surface area contributed by atoms with Crippen molar-refractivity contribution in [1.82, 2.24) is 10.6 Å². The van der Waals surface area contributed by atoms with E-state index in [4.69, 9.17) is 0 Å². The zero-order valence-electron chi connectivity index (χ0n) is 11.1. The molecule has 16 heavy (non-hydrogen) atoms. The van der Waals surface area contributed by atoms with Crippen molar-refractivity contribution in [2.24, 2.45) is 0 Å². The first-order chi connectivity index (χ1) is 7.74. The van der Waals surface area contributed by atoms with Crippen molar-refractivity contribution >= 4 is 6.03 Å². The van der Waals surface area contributed by atoms with Crippen molar-refractivity contribution in [3.63, 3.8) is 0 Å². The highest BCUT2D eigenvalue weighted by Crippen LogP contribution is 2.09.